The van der Waals surface area contributed by atoms with E-state index < -0.39 is 16.1 Å². The van der Waals surface area contributed by atoms with Gasteiger partial charge in [0.15, 0.2) is 11.5 Å². The molecule has 2 rings (SSSR count). The zero-order valence-corrected chi connectivity index (χ0v) is 15.9. The molecule has 1 atom stereocenters. The number of nitrogens with one attached hydrogen (secondary N) is 1. The second kappa shape index (κ2) is 7.95. The summed E-state index contributed by atoms with van der Waals surface area (Å²) in [5.74, 6) is 1.51. The Labute approximate surface area is 152 Å². The van der Waals surface area contributed by atoms with E-state index in [0.717, 1.165) is 5.56 Å². The van der Waals surface area contributed by atoms with Gasteiger partial charge in [0.25, 0.3) is 0 Å². The number of hydrogen-bond donors (Lipinski definition) is 1. The number of benzene rings is 2. The quantitative estimate of drug-likeness (QED) is 0.790. The molecule has 0 spiro atoms. The molecule has 0 aliphatic carbocycles. The van der Waals surface area contributed by atoms with Gasteiger partial charge < -0.3 is 14.2 Å². The highest BCUT2D eigenvalue weighted by molar-refractivity contribution is 7.89. The van der Waals surface area contributed by atoms with Crippen molar-refractivity contribution in [3.05, 3.63) is 47.0 Å². The summed E-state index contributed by atoms with van der Waals surface area (Å²) in [6.45, 7) is 1.74. The molecule has 0 aliphatic heterocycles. The first-order valence-corrected chi connectivity index (χ1v) is 9.26. The molecule has 2 aromatic carbocycles. The fraction of sp³-hybridized carbons (Fsp3) is 0.294. The average molecular weight is 386 g/mol. The molecule has 0 aliphatic rings. The van der Waals surface area contributed by atoms with Crippen LogP contribution in [0.5, 0.6) is 17.2 Å². The maximum absolute atomic E-state index is 12.6. The Morgan fingerprint density at radius 2 is 1.52 bits per heavy atom. The summed E-state index contributed by atoms with van der Waals surface area (Å²) < 4.78 is 43.2. The van der Waals surface area contributed by atoms with E-state index in [9.17, 15) is 8.42 Å². The molecule has 0 bridgehead atoms. The Morgan fingerprint density at radius 1 is 0.920 bits per heavy atom. The predicted molar refractivity (Wildman–Crippen MR) is 96.3 cm³/mol. The molecular weight excluding hydrogens is 366 g/mol. The molecular formula is C17H20ClNO5S. The number of sulfonamides is 1. The van der Waals surface area contributed by atoms with Crippen molar-refractivity contribution in [3.63, 3.8) is 0 Å². The Balaban J connectivity index is 2.26. The zero-order valence-electron chi connectivity index (χ0n) is 14.4. The SMILES string of the molecule is COc1ccc(S(=O)(=O)NC(C)c2ccc(OC)c(OC)c2)cc1Cl. The van der Waals surface area contributed by atoms with Crippen LogP contribution in [0.4, 0.5) is 0 Å². The highest BCUT2D eigenvalue weighted by Gasteiger charge is 2.20. The summed E-state index contributed by atoms with van der Waals surface area (Å²) in [5, 5.41) is 0.226. The molecule has 0 fully saturated rings. The van der Waals surface area contributed by atoms with Crippen LogP contribution in [-0.4, -0.2) is 29.7 Å². The number of hydrogen-bond acceptors (Lipinski definition) is 5. The second-order valence-electron chi connectivity index (χ2n) is 5.25. The molecule has 136 valence electrons. The van der Waals surface area contributed by atoms with Crippen LogP contribution < -0.4 is 18.9 Å². The third-order valence-electron chi connectivity index (χ3n) is 3.67. The zero-order chi connectivity index (χ0) is 18.6. The third kappa shape index (κ3) is 4.36. The Bertz CT molecular complexity index is 854. The smallest absolute Gasteiger partial charge is 0.241 e. The number of halogens is 1. The van der Waals surface area contributed by atoms with Gasteiger partial charge >= 0.3 is 0 Å². The lowest BCUT2D eigenvalue weighted by atomic mass is 10.1. The standard InChI is InChI=1S/C17H20ClNO5S/c1-11(12-5-7-16(23-3)17(9-12)24-4)19-25(20,21)13-6-8-15(22-2)14(18)10-13/h5-11,19H,1-4H3. The topological polar surface area (TPSA) is 73.9 Å². The van der Waals surface area contributed by atoms with E-state index in [4.69, 9.17) is 25.8 Å². The van der Waals surface area contributed by atoms with Gasteiger partial charge in [-0.2, -0.15) is 0 Å². The first kappa shape index (κ1) is 19.4. The minimum absolute atomic E-state index is 0.0608. The number of rotatable bonds is 7. The van der Waals surface area contributed by atoms with Gasteiger partial charge in [0.05, 0.1) is 31.2 Å². The van der Waals surface area contributed by atoms with Crippen molar-refractivity contribution in [2.75, 3.05) is 21.3 Å². The van der Waals surface area contributed by atoms with Crippen molar-refractivity contribution < 1.29 is 22.6 Å². The molecule has 8 heteroatoms. The van der Waals surface area contributed by atoms with Crippen LogP contribution in [-0.2, 0) is 10.0 Å². The van der Waals surface area contributed by atoms with Gasteiger partial charge in [0.1, 0.15) is 5.75 Å². The van der Waals surface area contributed by atoms with E-state index >= 15 is 0 Å². The highest BCUT2D eigenvalue weighted by atomic mass is 35.5. The maximum Gasteiger partial charge on any atom is 0.241 e. The van der Waals surface area contributed by atoms with Crippen LogP contribution in [0.25, 0.3) is 0 Å². The van der Waals surface area contributed by atoms with Crippen molar-refractivity contribution in [3.8, 4) is 17.2 Å². The summed E-state index contributed by atoms with van der Waals surface area (Å²) in [6.07, 6.45) is 0. The van der Waals surface area contributed by atoms with E-state index in [0.29, 0.717) is 17.2 Å². The molecule has 6 nitrogen and oxygen atoms in total. The first-order chi connectivity index (χ1) is 11.8. The van der Waals surface area contributed by atoms with Crippen molar-refractivity contribution >= 4 is 21.6 Å². The molecule has 2 aromatic rings. The highest BCUT2D eigenvalue weighted by Crippen LogP contribution is 2.31. The van der Waals surface area contributed by atoms with Crippen LogP contribution in [0.1, 0.15) is 18.5 Å². The largest absolute Gasteiger partial charge is 0.495 e. The Hall–Kier alpha value is -1.96. The van der Waals surface area contributed by atoms with Gasteiger partial charge in [-0.1, -0.05) is 17.7 Å². The molecule has 25 heavy (non-hydrogen) atoms. The molecule has 0 saturated heterocycles. The molecule has 1 unspecified atom stereocenters. The van der Waals surface area contributed by atoms with Gasteiger partial charge in [-0.05, 0) is 42.8 Å². The molecule has 0 aromatic heterocycles. The van der Waals surface area contributed by atoms with E-state index in [1.807, 2.05) is 0 Å². The van der Waals surface area contributed by atoms with Crippen molar-refractivity contribution in [1.82, 2.24) is 4.72 Å². The summed E-state index contributed by atoms with van der Waals surface area (Å²) >= 11 is 6.01. The molecule has 0 heterocycles. The van der Waals surface area contributed by atoms with Crippen LogP contribution >= 0.6 is 11.6 Å². The summed E-state index contributed by atoms with van der Waals surface area (Å²) in [7, 11) is 0.775. The number of methoxy groups -OCH3 is 3. The fourth-order valence-corrected chi connectivity index (χ4v) is 3.89. The van der Waals surface area contributed by atoms with Crippen molar-refractivity contribution in [2.24, 2.45) is 0 Å². The van der Waals surface area contributed by atoms with E-state index in [1.165, 1.54) is 39.5 Å². The molecule has 0 radical (unpaired) electrons. The first-order valence-electron chi connectivity index (χ1n) is 7.40. The van der Waals surface area contributed by atoms with Gasteiger partial charge in [-0.25, -0.2) is 13.1 Å². The van der Waals surface area contributed by atoms with Crippen molar-refractivity contribution in [1.29, 1.82) is 0 Å². The van der Waals surface area contributed by atoms with Crippen molar-refractivity contribution in [2.45, 2.75) is 17.9 Å². The predicted octanol–water partition coefficient (Wildman–Crippen LogP) is 3.41. The van der Waals surface area contributed by atoms with Crippen LogP contribution in [0, 0.1) is 0 Å². The Kier molecular flexibility index (Phi) is 6.16. The van der Waals surface area contributed by atoms with Crippen LogP contribution in [0.3, 0.4) is 0 Å². The fourth-order valence-electron chi connectivity index (χ4n) is 2.31. The van der Waals surface area contributed by atoms with Gasteiger partial charge in [-0.3, -0.25) is 0 Å². The molecule has 0 saturated carbocycles. The van der Waals surface area contributed by atoms with Crippen LogP contribution in [0.15, 0.2) is 41.3 Å². The molecule has 0 amide bonds. The molecule has 1 N–H and O–H groups in total. The summed E-state index contributed by atoms with van der Waals surface area (Å²) in [5.41, 5.74) is 0.737. The lowest BCUT2D eigenvalue weighted by Gasteiger charge is -2.17. The lowest BCUT2D eigenvalue weighted by molar-refractivity contribution is 0.354. The number of ether oxygens (including phenoxy) is 3. The third-order valence-corrected chi connectivity index (χ3v) is 5.51. The van der Waals surface area contributed by atoms with Gasteiger partial charge in [0.2, 0.25) is 10.0 Å². The Morgan fingerprint density at radius 3 is 2.08 bits per heavy atom. The normalized spacial score (nSPS) is 12.5. The minimum atomic E-state index is -3.75. The monoisotopic (exact) mass is 385 g/mol. The van der Waals surface area contributed by atoms with E-state index in [1.54, 1.807) is 25.1 Å². The maximum atomic E-state index is 12.6. The van der Waals surface area contributed by atoms with Gasteiger partial charge in [-0.15, -0.1) is 0 Å². The minimum Gasteiger partial charge on any atom is -0.495 e. The summed E-state index contributed by atoms with van der Waals surface area (Å²) in [6, 6.07) is 9.05. The van der Waals surface area contributed by atoms with Gasteiger partial charge in [0, 0.05) is 6.04 Å². The van der Waals surface area contributed by atoms with E-state index in [-0.39, 0.29) is 9.92 Å². The average Bonchev–Trinajstić information content (AvgIpc) is 2.60. The van der Waals surface area contributed by atoms with E-state index in [2.05, 4.69) is 4.72 Å². The second-order valence-corrected chi connectivity index (χ2v) is 7.37. The van der Waals surface area contributed by atoms with Crippen LogP contribution in [0.2, 0.25) is 5.02 Å². The summed E-state index contributed by atoms with van der Waals surface area (Å²) in [4.78, 5) is 0.0608. The lowest BCUT2D eigenvalue weighted by Crippen LogP contribution is -2.27.